The fraction of sp³-hybridized carbons (Fsp3) is 0.256. The van der Waals surface area contributed by atoms with Crippen molar-refractivity contribution in [1.29, 1.82) is 0 Å². The number of nitrogens with zero attached hydrogens (tertiary/aromatic N) is 1. The summed E-state index contributed by atoms with van der Waals surface area (Å²) in [5, 5.41) is 7.68. The lowest BCUT2D eigenvalue weighted by Crippen LogP contribution is -2.00. The molecule has 0 radical (unpaired) electrons. The van der Waals surface area contributed by atoms with Gasteiger partial charge < -0.3 is 0 Å². The molecule has 6 rings (SSSR count). The van der Waals surface area contributed by atoms with Crippen molar-refractivity contribution in [2.75, 3.05) is 0 Å². The van der Waals surface area contributed by atoms with Gasteiger partial charge in [0.2, 0.25) is 0 Å². The first kappa shape index (κ1) is 26.3. The van der Waals surface area contributed by atoms with E-state index in [0.717, 1.165) is 18.5 Å². The molecule has 40 heavy (non-hydrogen) atoms. The Hall–Kier alpha value is -3.97. The molecular weight excluding hydrogens is 482 g/mol. The number of benzene rings is 5. The van der Waals surface area contributed by atoms with Gasteiger partial charge in [0.15, 0.2) is 0 Å². The molecule has 0 spiro atoms. The van der Waals surface area contributed by atoms with E-state index in [2.05, 4.69) is 126 Å². The second kappa shape index (κ2) is 10.5. The highest BCUT2D eigenvalue weighted by Gasteiger charge is 2.16. The van der Waals surface area contributed by atoms with Crippen molar-refractivity contribution in [1.82, 2.24) is 4.98 Å². The molecule has 0 aliphatic carbocycles. The predicted octanol–water partition coefficient (Wildman–Crippen LogP) is 10.9. The molecule has 1 heterocycles. The zero-order valence-electron chi connectivity index (χ0n) is 24.7. The highest BCUT2D eigenvalue weighted by Crippen LogP contribution is 2.41. The summed E-state index contributed by atoms with van der Waals surface area (Å²) in [6.07, 6.45) is 4.16. The summed E-state index contributed by atoms with van der Waals surface area (Å²) in [6.45, 7) is 13.7. The molecule has 0 bridgehead atoms. The van der Waals surface area contributed by atoms with E-state index in [-0.39, 0.29) is 0 Å². The molecule has 1 aromatic heterocycles. The van der Waals surface area contributed by atoms with Crippen LogP contribution in [-0.4, -0.2) is 4.98 Å². The normalized spacial score (nSPS) is 11.9. The summed E-state index contributed by atoms with van der Waals surface area (Å²) in [5.41, 5.74) is 10.4. The maximum Gasteiger partial charge on any atom is 0.0780 e. The van der Waals surface area contributed by atoms with E-state index in [0.29, 0.717) is 11.8 Å². The predicted molar refractivity (Wildman–Crippen MR) is 174 cm³/mol. The van der Waals surface area contributed by atoms with Gasteiger partial charge in [-0.1, -0.05) is 88.4 Å². The Labute approximate surface area is 238 Å². The number of hydrogen-bond donors (Lipinski definition) is 0. The van der Waals surface area contributed by atoms with E-state index in [1.165, 1.54) is 71.3 Å². The van der Waals surface area contributed by atoms with Crippen molar-refractivity contribution in [3.63, 3.8) is 0 Å². The smallest absolute Gasteiger partial charge is 0.0780 e. The van der Waals surface area contributed by atoms with Crippen LogP contribution in [0, 0.1) is 25.7 Å². The van der Waals surface area contributed by atoms with Gasteiger partial charge in [0.25, 0.3) is 0 Å². The number of fused-ring (bicyclic) bond motifs is 5. The standard InChI is InChI=1S/C39H39N/c1-24(2)18-28-20-29(19-25(3)4)22-30(21-28)39-35-15-14-33-31-12-7-8-13-32(31)37(23-36(33)34(35)16-17-40-39)38-26(5)10-9-11-27(38)6/h7-17,20-25H,18-19H2,1-6H3. The molecule has 0 fully saturated rings. The van der Waals surface area contributed by atoms with E-state index in [9.17, 15) is 0 Å². The van der Waals surface area contributed by atoms with Crippen LogP contribution in [0.2, 0.25) is 0 Å². The van der Waals surface area contributed by atoms with Gasteiger partial charge in [0.1, 0.15) is 0 Å². The van der Waals surface area contributed by atoms with Gasteiger partial charge in [-0.3, -0.25) is 4.98 Å². The summed E-state index contributed by atoms with van der Waals surface area (Å²) in [4.78, 5) is 5.00. The average molecular weight is 522 g/mol. The van der Waals surface area contributed by atoms with Gasteiger partial charge >= 0.3 is 0 Å². The Balaban J connectivity index is 1.65. The van der Waals surface area contributed by atoms with Crippen molar-refractivity contribution in [3.05, 3.63) is 113 Å². The lowest BCUT2D eigenvalue weighted by molar-refractivity contribution is 0.636. The van der Waals surface area contributed by atoms with Gasteiger partial charge in [0.05, 0.1) is 5.69 Å². The fourth-order valence-corrected chi connectivity index (χ4v) is 6.60. The number of aryl methyl sites for hydroxylation is 2. The van der Waals surface area contributed by atoms with Crippen LogP contribution in [-0.2, 0) is 12.8 Å². The molecule has 0 saturated carbocycles. The van der Waals surface area contributed by atoms with Gasteiger partial charge in [-0.25, -0.2) is 0 Å². The van der Waals surface area contributed by atoms with E-state index in [1.54, 1.807) is 0 Å². The Morgan fingerprint density at radius 3 is 1.77 bits per heavy atom. The first-order valence-electron chi connectivity index (χ1n) is 14.7. The average Bonchev–Trinajstić information content (AvgIpc) is 2.91. The third-order valence-corrected chi connectivity index (χ3v) is 8.15. The van der Waals surface area contributed by atoms with E-state index < -0.39 is 0 Å². The van der Waals surface area contributed by atoms with Crippen LogP contribution in [0.3, 0.4) is 0 Å². The maximum absolute atomic E-state index is 5.00. The Morgan fingerprint density at radius 1 is 0.550 bits per heavy atom. The van der Waals surface area contributed by atoms with Crippen LogP contribution in [0.25, 0.3) is 54.7 Å². The molecule has 0 unspecified atom stereocenters. The van der Waals surface area contributed by atoms with Crippen molar-refractivity contribution < 1.29 is 0 Å². The zero-order chi connectivity index (χ0) is 28.0. The van der Waals surface area contributed by atoms with Crippen LogP contribution in [0.5, 0.6) is 0 Å². The molecule has 0 amide bonds. The second-order valence-corrected chi connectivity index (χ2v) is 12.4. The van der Waals surface area contributed by atoms with Crippen LogP contribution in [0.15, 0.2) is 91.1 Å². The third kappa shape index (κ3) is 4.79. The highest BCUT2D eigenvalue weighted by molar-refractivity contribution is 6.22. The van der Waals surface area contributed by atoms with Gasteiger partial charge in [-0.05, 0) is 123 Å². The number of hydrogen-bond acceptors (Lipinski definition) is 1. The topological polar surface area (TPSA) is 12.9 Å². The van der Waals surface area contributed by atoms with Crippen molar-refractivity contribution in [2.45, 2.75) is 54.4 Å². The van der Waals surface area contributed by atoms with Gasteiger partial charge in [-0.2, -0.15) is 0 Å². The summed E-state index contributed by atoms with van der Waals surface area (Å²) in [7, 11) is 0. The summed E-state index contributed by atoms with van der Waals surface area (Å²) >= 11 is 0. The summed E-state index contributed by atoms with van der Waals surface area (Å²) < 4.78 is 0. The molecule has 5 aromatic carbocycles. The van der Waals surface area contributed by atoms with Crippen LogP contribution in [0.1, 0.15) is 49.9 Å². The van der Waals surface area contributed by atoms with E-state index >= 15 is 0 Å². The van der Waals surface area contributed by atoms with Crippen molar-refractivity contribution >= 4 is 32.3 Å². The Kier molecular flexibility index (Phi) is 6.92. The highest BCUT2D eigenvalue weighted by atomic mass is 14.7. The number of aromatic nitrogens is 1. The first-order chi connectivity index (χ1) is 19.3. The molecule has 0 N–H and O–H groups in total. The molecular formula is C39H39N. The largest absolute Gasteiger partial charge is 0.256 e. The van der Waals surface area contributed by atoms with Crippen molar-refractivity contribution in [3.8, 4) is 22.4 Å². The minimum Gasteiger partial charge on any atom is -0.256 e. The quantitative estimate of drug-likeness (QED) is 0.199. The second-order valence-electron chi connectivity index (χ2n) is 12.4. The zero-order valence-corrected chi connectivity index (χ0v) is 24.7. The Morgan fingerprint density at radius 2 is 1.12 bits per heavy atom. The fourth-order valence-electron chi connectivity index (χ4n) is 6.60. The first-order valence-corrected chi connectivity index (χ1v) is 14.7. The monoisotopic (exact) mass is 521 g/mol. The van der Waals surface area contributed by atoms with Gasteiger partial charge in [-0.15, -0.1) is 0 Å². The molecule has 0 aliphatic heterocycles. The third-order valence-electron chi connectivity index (χ3n) is 8.15. The lowest BCUT2D eigenvalue weighted by Gasteiger charge is -2.17. The number of rotatable bonds is 6. The minimum absolute atomic E-state index is 0.614. The molecule has 200 valence electrons. The number of pyridine rings is 1. The van der Waals surface area contributed by atoms with E-state index in [1.807, 2.05) is 6.20 Å². The molecule has 0 saturated heterocycles. The Bertz CT molecular complexity index is 1820. The molecule has 1 heteroatoms. The van der Waals surface area contributed by atoms with Crippen molar-refractivity contribution in [2.24, 2.45) is 11.8 Å². The SMILES string of the molecule is Cc1cccc(C)c1-c1cc2c3ccnc(-c4cc(CC(C)C)cc(CC(C)C)c4)c3ccc2c2ccccc12. The summed E-state index contributed by atoms with van der Waals surface area (Å²) in [6, 6.07) is 31.9. The molecule has 0 aliphatic rings. The molecule has 6 aromatic rings. The molecule has 0 atom stereocenters. The van der Waals surface area contributed by atoms with Crippen LogP contribution < -0.4 is 0 Å². The lowest BCUT2D eigenvalue weighted by atomic mass is 9.87. The van der Waals surface area contributed by atoms with E-state index in [4.69, 9.17) is 4.98 Å². The summed E-state index contributed by atoms with van der Waals surface area (Å²) in [5.74, 6) is 1.23. The van der Waals surface area contributed by atoms with Crippen LogP contribution >= 0.6 is 0 Å². The minimum atomic E-state index is 0.614. The van der Waals surface area contributed by atoms with Gasteiger partial charge in [0, 0.05) is 17.1 Å². The van der Waals surface area contributed by atoms with Crippen LogP contribution in [0.4, 0.5) is 0 Å². The maximum atomic E-state index is 5.00. The molecule has 1 nitrogen and oxygen atoms in total.